The number of hydrogen-bond donors (Lipinski definition) is 1. The lowest BCUT2D eigenvalue weighted by atomic mass is 9.69. The lowest BCUT2D eigenvalue weighted by molar-refractivity contribution is -0.122. The van der Waals surface area contributed by atoms with Crippen molar-refractivity contribution in [2.45, 2.75) is 51.2 Å². The lowest BCUT2D eigenvalue weighted by Gasteiger charge is -2.40. The van der Waals surface area contributed by atoms with Gasteiger partial charge in [0.1, 0.15) is 13.4 Å². The van der Waals surface area contributed by atoms with E-state index < -0.39 is 6.09 Å². The minimum absolute atomic E-state index is 0.120. The van der Waals surface area contributed by atoms with Gasteiger partial charge in [0.05, 0.1) is 13.2 Å². The van der Waals surface area contributed by atoms with Gasteiger partial charge in [0, 0.05) is 31.3 Å². The smallest absolute Gasteiger partial charge is 0.407 e. The Labute approximate surface area is 202 Å². The van der Waals surface area contributed by atoms with E-state index in [9.17, 15) is 4.79 Å². The molecule has 2 aromatic rings. The standard InChI is InChI=1S/C27H36N2O5/c1-18-11-20-14-24-22(9-10-26(29-24)32-3)21(13-23(20)25(12-18)34-17-31-2)15-28-27(30)33-16-19-7-5-4-6-8-19/h4-10,18,20-21,23,25H,11-17H2,1-3H3,(H,28,30)/t18-,20+,21-,23-,25-/m1/s1. The summed E-state index contributed by atoms with van der Waals surface area (Å²) in [5, 5.41) is 3.00. The maximum absolute atomic E-state index is 12.5. The van der Waals surface area contributed by atoms with Crippen LogP contribution in [0.15, 0.2) is 42.5 Å². The van der Waals surface area contributed by atoms with Gasteiger partial charge in [0.15, 0.2) is 0 Å². The number of alkyl carbamates (subject to hydrolysis) is 1. The van der Waals surface area contributed by atoms with E-state index in [-0.39, 0.29) is 18.6 Å². The molecule has 1 heterocycles. The molecule has 184 valence electrons. The number of carbonyl (C=O) groups is 1. The van der Waals surface area contributed by atoms with E-state index in [1.165, 1.54) is 5.56 Å². The molecule has 1 aromatic heterocycles. The summed E-state index contributed by atoms with van der Waals surface area (Å²) >= 11 is 0. The fourth-order valence-electron chi connectivity index (χ4n) is 5.61. The van der Waals surface area contributed by atoms with Crippen LogP contribution in [-0.4, -0.2) is 44.7 Å². The largest absolute Gasteiger partial charge is 0.481 e. The van der Waals surface area contributed by atoms with Crippen molar-refractivity contribution >= 4 is 6.09 Å². The van der Waals surface area contributed by atoms with Crippen LogP contribution in [0.5, 0.6) is 5.88 Å². The number of nitrogens with one attached hydrogen (secondary N) is 1. The molecule has 0 aliphatic heterocycles. The fourth-order valence-corrected chi connectivity index (χ4v) is 5.61. The quantitative estimate of drug-likeness (QED) is 0.566. The second kappa shape index (κ2) is 11.7. The molecular formula is C27H36N2O5. The van der Waals surface area contributed by atoms with Crippen LogP contribution in [0.1, 0.15) is 48.9 Å². The zero-order chi connectivity index (χ0) is 23.9. The third-order valence-electron chi connectivity index (χ3n) is 7.17. The summed E-state index contributed by atoms with van der Waals surface area (Å²) in [6.45, 7) is 3.34. The van der Waals surface area contributed by atoms with Crippen molar-refractivity contribution < 1.29 is 23.7 Å². The minimum Gasteiger partial charge on any atom is -0.481 e. The fraction of sp³-hybridized carbons (Fsp3) is 0.556. The predicted octanol–water partition coefficient (Wildman–Crippen LogP) is 4.70. The van der Waals surface area contributed by atoms with E-state index in [0.29, 0.717) is 37.0 Å². The summed E-state index contributed by atoms with van der Waals surface area (Å²) in [5.74, 6) is 2.18. The summed E-state index contributed by atoms with van der Waals surface area (Å²) in [6.07, 6.45) is 3.72. The first-order chi connectivity index (χ1) is 16.6. The van der Waals surface area contributed by atoms with Gasteiger partial charge in [-0.25, -0.2) is 9.78 Å². The van der Waals surface area contributed by atoms with E-state index >= 15 is 0 Å². The van der Waals surface area contributed by atoms with Gasteiger partial charge in [-0.15, -0.1) is 0 Å². The van der Waals surface area contributed by atoms with Crippen LogP contribution in [-0.2, 0) is 27.2 Å². The first-order valence-corrected chi connectivity index (χ1v) is 12.2. The molecule has 2 aliphatic carbocycles. The maximum atomic E-state index is 12.5. The molecular weight excluding hydrogens is 432 g/mol. The van der Waals surface area contributed by atoms with Crippen molar-refractivity contribution in [1.29, 1.82) is 0 Å². The van der Waals surface area contributed by atoms with Crippen LogP contribution in [0.3, 0.4) is 0 Å². The highest BCUT2D eigenvalue weighted by atomic mass is 16.7. The molecule has 0 radical (unpaired) electrons. The number of fused-ring (bicyclic) bond motifs is 2. The third-order valence-corrected chi connectivity index (χ3v) is 7.17. The Bertz CT molecular complexity index is 938. The van der Waals surface area contributed by atoms with Crippen molar-refractivity contribution in [3.63, 3.8) is 0 Å². The summed E-state index contributed by atoms with van der Waals surface area (Å²) < 4.78 is 22.2. The summed E-state index contributed by atoms with van der Waals surface area (Å²) in [7, 11) is 3.31. The highest BCUT2D eigenvalue weighted by Crippen LogP contribution is 2.45. The lowest BCUT2D eigenvalue weighted by Crippen LogP contribution is -2.39. The SMILES string of the molecule is COCO[C@@H]1C[C@H](C)C[C@H]2Cc3nc(OC)ccc3[C@@H](CNC(=O)OCc3ccccc3)C[C@H]21. The molecule has 2 aliphatic rings. The van der Waals surface area contributed by atoms with E-state index in [1.807, 2.05) is 36.4 Å². The average molecular weight is 469 g/mol. The molecule has 7 heteroatoms. The van der Waals surface area contributed by atoms with E-state index in [1.54, 1.807) is 14.2 Å². The Hall–Kier alpha value is -2.64. The topological polar surface area (TPSA) is 78.9 Å². The molecule has 1 amide bonds. The number of ether oxygens (including phenoxy) is 4. The number of pyridine rings is 1. The first kappa shape index (κ1) is 24.5. The number of benzene rings is 1. The first-order valence-electron chi connectivity index (χ1n) is 12.2. The van der Waals surface area contributed by atoms with Crippen molar-refractivity contribution in [2.75, 3.05) is 27.6 Å². The average Bonchev–Trinajstić information content (AvgIpc) is 3.01. The number of carbonyl (C=O) groups excluding carboxylic acids is 1. The van der Waals surface area contributed by atoms with E-state index in [4.69, 9.17) is 23.9 Å². The van der Waals surface area contributed by atoms with Crippen LogP contribution in [0, 0.1) is 17.8 Å². The maximum Gasteiger partial charge on any atom is 0.407 e. The van der Waals surface area contributed by atoms with Crippen LogP contribution in [0.4, 0.5) is 4.79 Å². The summed E-state index contributed by atoms with van der Waals surface area (Å²) in [6, 6.07) is 13.7. The van der Waals surface area contributed by atoms with Crippen molar-refractivity contribution in [1.82, 2.24) is 10.3 Å². The molecule has 1 N–H and O–H groups in total. The highest BCUT2D eigenvalue weighted by molar-refractivity contribution is 5.67. The number of nitrogens with zero attached hydrogens (tertiary/aromatic N) is 1. The van der Waals surface area contributed by atoms with Crippen molar-refractivity contribution in [3.05, 3.63) is 59.3 Å². The summed E-state index contributed by atoms with van der Waals surface area (Å²) in [5.41, 5.74) is 3.21. The van der Waals surface area contributed by atoms with Gasteiger partial charge in [-0.1, -0.05) is 43.3 Å². The normalized spacial score (nSPS) is 26.0. The van der Waals surface area contributed by atoms with Crippen LogP contribution in [0.25, 0.3) is 0 Å². The monoisotopic (exact) mass is 468 g/mol. The van der Waals surface area contributed by atoms with Gasteiger partial charge >= 0.3 is 6.09 Å². The number of aromatic nitrogens is 1. The molecule has 1 aromatic carbocycles. The zero-order valence-corrected chi connectivity index (χ0v) is 20.4. The van der Waals surface area contributed by atoms with Gasteiger partial charge in [0.2, 0.25) is 5.88 Å². The van der Waals surface area contributed by atoms with Gasteiger partial charge in [-0.3, -0.25) is 0 Å². The molecule has 5 atom stereocenters. The Morgan fingerprint density at radius 2 is 1.91 bits per heavy atom. The molecule has 4 rings (SSSR count). The van der Waals surface area contributed by atoms with Crippen LogP contribution in [0.2, 0.25) is 0 Å². The van der Waals surface area contributed by atoms with Gasteiger partial charge in [0.25, 0.3) is 0 Å². The predicted molar refractivity (Wildman–Crippen MR) is 129 cm³/mol. The number of rotatable bonds is 8. The molecule has 0 bridgehead atoms. The number of methoxy groups -OCH3 is 2. The van der Waals surface area contributed by atoms with Gasteiger partial charge < -0.3 is 24.3 Å². The molecule has 7 nitrogen and oxygen atoms in total. The second-order valence-corrected chi connectivity index (χ2v) is 9.58. The molecule has 1 fully saturated rings. The molecule has 0 unspecified atom stereocenters. The van der Waals surface area contributed by atoms with Crippen molar-refractivity contribution in [3.8, 4) is 5.88 Å². The zero-order valence-electron chi connectivity index (χ0n) is 20.4. The Balaban J connectivity index is 1.49. The molecule has 34 heavy (non-hydrogen) atoms. The second-order valence-electron chi connectivity index (χ2n) is 9.58. The van der Waals surface area contributed by atoms with Crippen LogP contribution >= 0.6 is 0 Å². The molecule has 0 spiro atoms. The molecule has 1 saturated carbocycles. The van der Waals surface area contributed by atoms with Crippen molar-refractivity contribution in [2.24, 2.45) is 17.8 Å². The Morgan fingerprint density at radius 1 is 1.09 bits per heavy atom. The number of amides is 1. The highest BCUT2D eigenvalue weighted by Gasteiger charge is 2.41. The molecule has 0 saturated heterocycles. The summed E-state index contributed by atoms with van der Waals surface area (Å²) in [4.78, 5) is 17.3. The number of hydrogen-bond acceptors (Lipinski definition) is 6. The third kappa shape index (κ3) is 6.07. The minimum atomic E-state index is -0.405. The Kier molecular flexibility index (Phi) is 8.40. The van der Waals surface area contributed by atoms with E-state index in [0.717, 1.165) is 36.9 Å². The Morgan fingerprint density at radius 3 is 2.68 bits per heavy atom. The van der Waals surface area contributed by atoms with Gasteiger partial charge in [-0.05, 0) is 54.6 Å². The van der Waals surface area contributed by atoms with E-state index in [2.05, 4.69) is 18.3 Å². The van der Waals surface area contributed by atoms with Gasteiger partial charge in [-0.2, -0.15) is 0 Å². The van der Waals surface area contributed by atoms with Crippen LogP contribution < -0.4 is 10.1 Å².